The zero-order valence-corrected chi connectivity index (χ0v) is 16.7. The van der Waals surface area contributed by atoms with E-state index in [0.717, 1.165) is 0 Å². The van der Waals surface area contributed by atoms with Crippen LogP contribution < -0.4 is 10.6 Å². The van der Waals surface area contributed by atoms with Crippen LogP contribution in [0, 0.1) is 0 Å². The van der Waals surface area contributed by atoms with Gasteiger partial charge in [0, 0.05) is 18.8 Å². The number of hydrogen-bond acceptors (Lipinski definition) is 7. The number of urea groups is 1. The summed E-state index contributed by atoms with van der Waals surface area (Å²) in [5.74, 6) is 0.332. The number of rotatable bonds is 5. The van der Waals surface area contributed by atoms with Gasteiger partial charge in [0.15, 0.2) is 4.34 Å². The van der Waals surface area contributed by atoms with E-state index in [1.165, 1.54) is 23.1 Å². The molecule has 8 nitrogen and oxygen atoms in total. The molecule has 10 heteroatoms. The molecule has 0 saturated carbocycles. The van der Waals surface area contributed by atoms with Gasteiger partial charge >= 0.3 is 6.03 Å². The van der Waals surface area contributed by atoms with Crippen molar-refractivity contribution in [1.29, 1.82) is 0 Å². The second-order valence-corrected chi connectivity index (χ2v) is 8.36. The average Bonchev–Trinajstić information content (AvgIpc) is 3.07. The Bertz CT molecular complexity index is 776. The fourth-order valence-corrected chi connectivity index (χ4v) is 4.35. The second kappa shape index (κ2) is 9.16. The van der Waals surface area contributed by atoms with Crippen LogP contribution in [0.15, 0.2) is 34.7 Å². The zero-order chi connectivity index (χ0) is 19.2. The van der Waals surface area contributed by atoms with Crippen LogP contribution in [-0.4, -0.2) is 58.1 Å². The summed E-state index contributed by atoms with van der Waals surface area (Å²) < 4.78 is 6.28. The predicted octanol–water partition coefficient (Wildman–Crippen LogP) is 2.91. The van der Waals surface area contributed by atoms with Crippen LogP contribution in [0.25, 0.3) is 0 Å². The molecule has 1 fully saturated rings. The van der Waals surface area contributed by atoms with Crippen LogP contribution in [0.3, 0.4) is 0 Å². The molecule has 2 heterocycles. The summed E-state index contributed by atoms with van der Waals surface area (Å²) in [6.07, 6.45) is 0.0892. The summed E-state index contributed by atoms with van der Waals surface area (Å²) in [5, 5.41) is 13.7. The molecule has 1 aromatic carbocycles. The van der Waals surface area contributed by atoms with E-state index < -0.39 is 0 Å². The molecule has 3 amide bonds. The van der Waals surface area contributed by atoms with Gasteiger partial charge in [-0.3, -0.25) is 10.1 Å². The topological polar surface area (TPSA) is 96.5 Å². The Balaban J connectivity index is 1.46. The van der Waals surface area contributed by atoms with Gasteiger partial charge in [-0.05, 0) is 26.0 Å². The predicted molar refractivity (Wildman–Crippen MR) is 106 cm³/mol. The lowest BCUT2D eigenvalue weighted by Crippen LogP contribution is -2.48. The van der Waals surface area contributed by atoms with Gasteiger partial charge in [0.2, 0.25) is 11.0 Å². The molecular formula is C17H21N5O3S2. The SMILES string of the molecule is C[C@H]1CN(C(=O)CSc2nnc(NC(=O)Nc3ccccc3)s2)C[C@H](C)O1. The fraction of sp³-hybridized carbons (Fsp3) is 0.412. The Morgan fingerprint density at radius 1 is 1.19 bits per heavy atom. The summed E-state index contributed by atoms with van der Waals surface area (Å²) in [5.41, 5.74) is 0.689. The van der Waals surface area contributed by atoms with Crippen LogP contribution >= 0.6 is 23.1 Å². The van der Waals surface area contributed by atoms with Crippen molar-refractivity contribution in [1.82, 2.24) is 15.1 Å². The number of anilines is 2. The number of aromatic nitrogens is 2. The van der Waals surface area contributed by atoms with Crippen molar-refractivity contribution in [2.75, 3.05) is 29.5 Å². The Morgan fingerprint density at radius 3 is 2.59 bits per heavy atom. The van der Waals surface area contributed by atoms with Gasteiger partial charge in [-0.25, -0.2) is 4.79 Å². The molecule has 0 spiro atoms. The first-order chi connectivity index (χ1) is 13.0. The largest absolute Gasteiger partial charge is 0.372 e. The van der Waals surface area contributed by atoms with E-state index in [9.17, 15) is 9.59 Å². The minimum atomic E-state index is -0.388. The molecule has 2 atom stereocenters. The quantitative estimate of drug-likeness (QED) is 0.584. The molecule has 0 bridgehead atoms. The molecule has 144 valence electrons. The molecule has 0 radical (unpaired) electrons. The highest BCUT2D eigenvalue weighted by molar-refractivity contribution is 8.01. The van der Waals surface area contributed by atoms with Crippen molar-refractivity contribution in [3.8, 4) is 0 Å². The van der Waals surface area contributed by atoms with Crippen molar-refractivity contribution in [3.05, 3.63) is 30.3 Å². The van der Waals surface area contributed by atoms with Gasteiger partial charge in [-0.1, -0.05) is 41.3 Å². The first kappa shape index (κ1) is 19.6. The molecule has 1 saturated heterocycles. The van der Waals surface area contributed by atoms with Gasteiger partial charge in [0.25, 0.3) is 0 Å². The third-order valence-electron chi connectivity index (χ3n) is 3.75. The number of hydrogen-bond donors (Lipinski definition) is 2. The first-order valence-electron chi connectivity index (χ1n) is 8.52. The van der Waals surface area contributed by atoms with E-state index in [2.05, 4.69) is 20.8 Å². The molecule has 0 unspecified atom stereocenters. The Kier molecular flexibility index (Phi) is 6.64. The normalized spacial score (nSPS) is 19.6. The van der Waals surface area contributed by atoms with Crippen molar-refractivity contribution < 1.29 is 14.3 Å². The second-order valence-electron chi connectivity index (χ2n) is 6.16. The third kappa shape index (κ3) is 5.91. The molecule has 1 aromatic heterocycles. The number of carbonyl (C=O) groups is 2. The van der Waals surface area contributed by atoms with Gasteiger partial charge in [-0.2, -0.15) is 0 Å². The number of morpholine rings is 1. The number of amides is 3. The maximum Gasteiger partial charge on any atom is 0.325 e. The standard InChI is InChI=1S/C17H21N5O3S2/c1-11-8-22(9-12(2)25-11)14(23)10-26-17-21-20-16(27-17)19-15(24)18-13-6-4-3-5-7-13/h3-7,11-12H,8-10H2,1-2H3,(H2,18,19,20,24)/t11-,12-/m0/s1. The van der Waals surface area contributed by atoms with Gasteiger partial charge in [0.05, 0.1) is 18.0 Å². The molecule has 27 heavy (non-hydrogen) atoms. The summed E-state index contributed by atoms with van der Waals surface area (Å²) in [4.78, 5) is 26.2. The van der Waals surface area contributed by atoms with Gasteiger partial charge in [-0.15, -0.1) is 10.2 Å². The number of nitrogens with one attached hydrogen (secondary N) is 2. The highest BCUT2D eigenvalue weighted by atomic mass is 32.2. The summed E-state index contributed by atoms with van der Waals surface area (Å²) in [6, 6.07) is 8.74. The van der Waals surface area contributed by atoms with E-state index in [1.54, 1.807) is 12.1 Å². The van der Waals surface area contributed by atoms with E-state index in [0.29, 0.717) is 28.2 Å². The molecule has 1 aliphatic heterocycles. The highest BCUT2D eigenvalue weighted by Crippen LogP contribution is 2.26. The van der Waals surface area contributed by atoms with E-state index >= 15 is 0 Å². The van der Waals surface area contributed by atoms with Crippen molar-refractivity contribution in [2.45, 2.75) is 30.4 Å². The number of thioether (sulfide) groups is 1. The molecule has 1 aliphatic rings. The molecular weight excluding hydrogens is 386 g/mol. The maximum atomic E-state index is 12.4. The number of carbonyl (C=O) groups excluding carboxylic acids is 2. The van der Waals surface area contributed by atoms with Crippen LogP contribution in [0.2, 0.25) is 0 Å². The number of ether oxygens (including phenoxy) is 1. The van der Waals surface area contributed by atoms with Crippen molar-refractivity contribution in [2.24, 2.45) is 0 Å². The molecule has 2 aromatic rings. The van der Waals surface area contributed by atoms with E-state index in [4.69, 9.17) is 4.74 Å². The van der Waals surface area contributed by atoms with Gasteiger partial charge in [0.1, 0.15) is 0 Å². The lowest BCUT2D eigenvalue weighted by molar-refractivity contribution is -0.140. The summed E-state index contributed by atoms with van der Waals surface area (Å²) in [7, 11) is 0. The summed E-state index contributed by atoms with van der Waals surface area (Å²) >= 11 is 2.55. The highest BCUT2D eigenvalue weighted by Gasteiger charge is 2.26. The number of nitrogens with zero attached hydrogens (tertiary/aromatic N) is 3. The first-order valence-corrected chi connectivity index (χ1v) is 10.3. The Morgan fingerprint density at radius 2 is 1.89 bits per heavy atom. The minimum Gasteiger partial charge on any atom is -0.372 e. The lowest BCUT2D eigenvalue weighted by atomic mass is 10.2. The maximum absolute atomic E-state index is 12.4. The Hall–Kier alpha value is -2.17. The number of benzene rings is 1. The lowest BCUT2D eigenvalue weighted by Gasteiger charge is -2.35. The smallest absolute Gasteiger partial charge is 0.325 e. The number of para-hydroxylation sites is 1. The zero-order valence-electron chi connectivity index (χ0n) is 15.0. The average molecular weight is 408 g/mol. The molecule has 3 rings (SSSR count). The summed E-state index contributed by atoms with van der Waals surface area (Å²) in [6.45, 7) is 5.14. The van der Waals surface area contributed by atoms with E-state index in [-0.39, 0.29) is 29.9 Å². The Labute approximate surface area is 165 Å². The molecule has 2 N–H and O–H groups in total. The van der Waals surface area contributed by atoms with E-state index in [1.807, 2.05) is 36.9 Å². The minimum absolute atomic E-state index is 0.0446. The van der Waals surface area contributed by atoms with Crippen LogP contribution in [0.4, 0.5) is 15.6 Å². The third-order valence-corrected chi connectivity index (χ3v) is 5.71. The van der Waals surface area contributed by atoms with Crippen molar-refractivity contribution >= 4 is 45.9 Å². The molecule has 0 aliphatic carbocycles. The monoisotopic (exact) mass is 407 g/mol. The van der Waals surface area contributed by atoms with Gasteiger partial charge < -0.3 is 15.0 Å². The van der Waals surface area contributed by atoms with Crippen LogP contribution in [-0.2, 0) is 9.53 Å². The van der Waals surface area contributed by atoms with Crippen molar-refractivity contribution in [3.63, 3.8) is 0 Å². The fourth-order valence-electron chi connectivity index (χ4n) is 2.70. The van der Waals surface area contributed by atoms with Crippen LogP contribution in [0.1, 0.15) is 13.8 Å². The van der Waals surface area contributed by atoms with Crippen LogP contribution in [0.5, 0.6) is 0 Å².